The molecule has 150 valence electrons. The number of fused-ring (bicyclic) bond motifs is 1. The van der Waals surface area contributed by atoms with Gasteiger partial charge in [-0.25, -0.2) is 9.98 Å². The molecule has 0 spiro atoms. The molecule has 3 aromatic heterocycles. The van der Waals surface area contributed by atoms with Crippen molar-refractivity contribution in [2.45, 2.75) is 33.4 Å². The van der Waals surface area contributed by atoms with E-state index in [0.717, 1.165) is 36.0 Å². The smallest absolute Gasteiger partial charge is 0.213 e. The molecule has 0 unspecified atom stereocenters. The van der Waals surface area contributed by atoms with E-state index in [-0.39, 0.29) is 24.0 Å². The summed E-state index contributed by atoms with van der Waals surface area (Å²) in [7, 11) is 0. The Labute approximate surface area is 181 Å². The van der Waals surface area contributed by atoms with E-state index in [1.807, 2.05) is 47.9 Å². The molecular formula is C19H26IN7O. The number of aliphatic imine (C=N–C) groups is 1. The summed E-state index contributed by atoms with van der Waals surface area (Å²) in [4.78, 5) is 8.92. The third kappa shape index (κ3) is 6.04. The summed E-state index contributed by atoms with van der Waals surface area (Å²) in [6, 6.07) is 9.69. The topological polar surface area (TPSA) is 88.7 Å². The van der Waals surface area contributed by atoms with Crippen molar-refractivity contribution in [2.75, 3.05) is 13.2 Å². The van der Waals surface area contributed by atoms with Crippen molar-refractivity contribution in [1.29, 1.82) is 0 Å². The Morgan fingerprint density at radius 2 is 2.04 bits per heavy atom. The molecule has 28 heavy (non-hydrogen) atoms. The Balaban J connectivity index is 0.00000280. The molecule has 0 fully saturated rings. The summed E-state index contributed by atoms with van der Waals surface area (Å²) in [5.74, 6) is 2.19. The first kappa shape index (κ1) is 21.9. The molecule has 0 aromatic carbocycles. The Bertz CT molecular complexity index is 879. The van der Waals surface area contributed by atoms with Crippen LogP contribution in [0.1, 0.15) is 31.7 Å². The van der Waals surface area contributed by atoms with Gasteiger partial charge >= 0.3 is 0 Å². The van der Waals surface area contributed by atoms with Crippen LogP contribution >= 0.6 is 24.0 Å². The van der Waals surface area contributed by atoms with Crippen LogP contribution in [0, 0.1) is 0 Å². The standard InChI is InChI=1S/C19H25N7O.HI/c1-3-11-27-18-9-8-15(12-21-18)13-22-19(20-4-2)23-14-17-25-24-16-7-5-6-10-26(16)17;/h5-10,12H,3-4,11,13-14H2,1-2H3,(H2,20,22,23);1H. The summed E-state index contributed by atoms with van der Waals surface area (Å²) < 4.78 is 7.46. The average Bonchev–Trinajstić information content (AvgIpc) is 3.12. The van der Waals surface area contributed by atoms with Crippen molar-refractivity contribution in [2.24, 2.45) is 4.99 Å². The number of aromatic nitrogens is 4. The minimum atomic E-state index is 0. The van der Waals surface area contributed by atoms with E-state index in [1.54, 1.807) is 6.20 Å². The van der Waals surface area contributed by atoms with Crippen LogP contribution in [-0.2, 0) is 13.1 Å². The zero-order valence-electron chi connectivity index (χ0n) is 16.1. The number of nitrogens with zero attached hydrogens (tertiary/aromatic N) is 5. The number of ether oxygens (including phenoxy) is 1. The second-order valence-corrected chi connectivity index (χ2v) is 5.95. The molecule has 0 aliphatic carbocycles. The van der Waals surface area contributed by atoms with Crippen LogP contribution in [0.15, 0.2) is 47.7 Å². The first-order valence-electron chi connectivity index (χ1n) is 9.18. The van der Waals surface area contributed by atoms with Crippen molar-refractivity contribution in [3.8, 4) is 5.88 Å². The molecule has 3 heterocycles. The Kier molecular flexibility index (Phi) is 8.92. The molecule has 0 saturated carbocycles. The molecule has 0 aliphatic heterocycles. The van der Waals surface area contributed by atoms with Gasteiger partial charge in [-0.1, -0.05) is 19.1 Å². The van der Waals surface area contributed by atoms with Crippen LogP contribution < -0.4 is 15.4 Å². The number of guanidine groups is 1. The lowest BCUT2D eigenvalue weighted by molar-refractivity contribution is 0.305. The molecule has 8 nitrogen and oxygen atoms in total. The zero-order chi connectivity index (χ0) is 18.9. The summed E-state index contributed by atoms with van der Waals surface area (Å²) in [5, 5.41) is 14.9. The molecule has 0 amide bonds. The number of rotatable bonds is 8. The number of hydrogen-bond donors (Lipinski definition) is 2. The normalized spacial score (nSPS) is 11.1. The van der Waals surface area contributed by atoms with Gasteiger partial charge in [-0.2, -0.15) is 0 Å². The van der Waals surface area contributed by atoms with Crippen molar-refractivity contribution < 1.29 is 4.74 Å². The highest BCUT2D eigenvalue weighted by atomic mass is 127. The first-order valence-corrected chi connectivity index (χ1v) is 9.18. The molecule has 0 atom stereocenters. The molecule has 3 aromatic rings. The lowest BCUT2D eigenvalue weighted by Gasteiger charge is -2.10. The van der Waals surface area contributed by atoms with Crippen LogP contribution in [0.4, 0.5) is 0 Å². The van der Waals surface area contributed by atoms with Gasteiger partial charge in [0.15, 0.2) is 17.4 Å². The zero-order valence-corrected chi connectivity index (χ0v) is 18.5. The van der Waals surface area contributed by atoms with E-state index in [0.29, 0.717) is 25.6 Å². The Hall–Kier alpha value is -2.43. The van der Waals surface area contributed by atoms with Gasteiger partial charge in [-0.15, -0.1) is 34.2 Å². The molecule has 0 radical (unpaired) electrons. The van der Waals surface area contributed by atoms with Crippen LogP contribution in [0.25, 0.3) is 5.65 Å². The lowest BCUT2D eigenvalue weighted by Crippen LogP contribution is -2.37. The van der Waals surface area contributed by atoms with Gasteiger partial charge in [0.05, 0.1) is 19.7 Å². The summed E-state index contributed by atoms with van der Waals surface area (Å²) in [6.45, 7) is 6.60. The van der Waals surface area contributed by atoms with E-state index < -0.39 is 0 Å². The quantitative estimate of drug-likeness (QED) is 0.284. The van der Waals surface area contributed by atoms with Gasteiger partial charge in [-0.05, 0) is 31.0 Å². The average molecular weight is 495 g/mol. The highest BCUT2D eigenvalue weighted by molar-refractivity contribution is 14.0. The second kappa shape index (κ2) is 11.4. The van der Waals surface area contributed by atoms with Crippen LogP contribution in [0.3, 0.4) is 0 Å². The fourth-order valence-electron chi connectivity index (χ4n) is 2.48. The number of pyridine rings is 2. The summed E-state index contributed by atoms with van der Waals surface area (Å²) >= 11 is 0. The maximum absolute atomic E-state index is 5.50. The van der Waals surface area contributed by atoms with Gasteiger partial charge in [0.2, 0.25) is 5.88 Å². The predicted octanol–water partition coefficient (Wildman–Crippen LogP) is 2.79. The van der Waals surface area contributed by atoms with Crippen LogP contribution in [0.5, 0.6) is 5.88 Å². The van der Waals surface area contributed by atoms with Gasteiger partial charge in [0.25, 0.3) is 0 Å². The third-order valence-corrected chi connectivity index (χ3v) is 3.81. The van der Waals surface area contributed by atoms with Crippen LogP contribution in [0.2, 0.25) is 0 Å². The van der Waals surface area contributed by atoms with E-state index in [2.05, 4.69) is 37.7 Å². The number of halogens is 1. The highest BCUT2D eigenvalue weighted by Gasteiger charge is 2.05. The summed E-state index contributed by atoms with van der Waals surface area (Å²) in [6.07, 6.45) is 4.71. The fraction of sp³-hybridized carbons (Fsp3) is 0.368. The molecule has 9 heteroatoms. The fourth-order valence-corrected chi connectivity index (χ4v) is 2.48. The Morgan fingerprint density at radius 3 is 2.79 bits per heavy atom. The molecule has 0 bridgehead atoms. The van der Waals surface area contributed by atoms with Crippen LogP contribution in [-0.4, -0.2) is 38.7 Å². The monoisotopic (exact) mass is 495 g/mol. The van der Waals surface area contributed by atoms with Crippen molar-refractivity contribution in [3.63, 3.8) is 0 Å². The molecule has 0 aliphatic rings. The van der Waals surface area contributed by atoms with Gasteiger partial charge in [0.1, 0.15) is 0 Å². The molecular weight excluding hydrogens is 469 g/mol. The molecule has 3 rings (SSSR count). The highest BCUT2D eigenvalue weighted by Crippen LogP contribution is 2.09. The SMILES string of the molecule is CCCOc1ccc(CN=C(NCC)NCc2nnc3ccccn23)cn1.I. The lowest BCUT2D eigenvalue weighted by atomic mass is 10.3. The van der Waals surface area contributed by atoms with Gasteiger partial charge in [0, 0.05) is 25.0 Å². The van der Waals surface area contributed by atoms with E-state index >= 15 is 0 Å². The second-order valence-electron chi connectivity index (χ2n) is 5.95. The van der Waals surface area contributed by atoms with Crippen molar-refractivity contribution in [1.82, 2.24) is 30.2 Å². The first-order chi connectivity index (χ1) is 13.3. The molecule has 0 saturated heterocycles. The maximum atomic E-state index is 5.50. The minimum Gasteiger partial charge on any atom is -0.478 e. The number of hydrogen-bond acceptors (Lipinski definition) is 5. The predicted molar refractivity (Wildman–Crippen MR) is 120 cm³/mol. The van der Waals surface area contributed by atoms with Gasteiger partial charge in [-0.3, -0.25) is 4.40 Å². The van der Waals surface area contributed by atoms with E-state index in [1.165, 1.54) is 0 Å². The molecule has 2 N–H and O–H groups in total. The third-order valence-electron chi connectivity index (χ3n) is 3.81. The Morgan fingerprint density at radius 1 is 1.14 bits per heavy atom. The van der Waals surface area contributed by atoms with E-state index in [4.69, 9.17) is 4.74 Å². The van der Waals surface area contributed by atoms with E-state index in [9.17, 15) is 0 Å². The largest absolute Gasteiger partial charge is 0.478 e. The number of nitrogens with one attached hydrogen (secondary N) is 2. The maximum Gasteiger partial charge on any atom is 0.213 e. The summed E-state index contributed by atoms with van der Waals surface area (Å²) in [5.41, 5.74) is 1.84. The van der Waals surface area contributed by atoms with Crippen molar-refractivity contribution >= 4 is 35.6 Å². The van der Waals surface area contributed by atoms with Crippen molar-refractivity contribution in [3.05, 3.63) is 54.1 Å². The minimum absolute atomic E-state index is 0. The van der Waals surface area contributed by atoms with Gasteiger partial charge < -0.3 is 15.4 Å².